The Hall–Kier alpha value is -1.84. The summed E-state index contributed by atoms with van der Waals surface area (Å²) in [5.41, 5.74) is 1.76. The fourth-order valence-corrected chi connectivity index (χ4v) is 1.25. The molecule has 0 aliphatic rings. The van der Waals surface area contributed by atoms with E-state index in [2.05, 4.69) is 17.4 Å². The fourth-order valence-electron chi connectivity index (χ4n) is 1.25. The molecule has 0 bridgehead atoms. The first kappa shape index (κ1) is 12.2. The average Bonchev–Trinajstić information content (AvgIpc) is 2.35. The van der Waals surface area contributed by atoms with E-state index in [1.807, 2.05) is 30.3 Å². The average molecular weight is 220 g/mol. The van der Waals surface area contributed by atoms with Gasteiger partial charge in [0.15, 0.2) is 0 Å². The molecule has 1 N–H and O–H groups in total. The molecular weight excluding hydrogens is 204 g/mol. The summed E-state index contributed by atoms with van der Waals surface area (Å²) in [4.78, 5) is 15.6. The molecule has 4 nitrogen and oxygen atoms in total. The topological polar surface area (TPSA) is 50.7 Å². The minimum Gasteiger partial charge on any atom is -0.323 e. The number of carbonyl (C=O) groups excluding carboxylic acids is 1. The molecule has 1 amide bonds. The van der Waals surface area contributed by atoms with Crippen LogP contribution in [0.25, 0.3) is 0 Å². The van der Waals surface area contributed by atoms with Gasteiger partial charge in [-0.3, -0.25) is 4.84 Å². The number of oxime groups is 1. The summed E-state index contributed by atoms with van der Waals surface area (Å²) in [6, 6.07) is 9.69. The molecule has 1 aromatic carbocycles. The van der Waals surface area contributed by atoms with Gasteiger partial charge in [0.1, 0.15) is 0 Å². The van der Waals surface area contributed by atoms with Crippen LogP contribution in [0, 0.1) is 0 Å². The van der Waals surface area contributed by atoms with Gasteiger partial charge in [-0.2, -0.15) is 0 Å². The third-order valence-corrected chi connectivity index (χ3v) is 2.04. The summed E-state index contributed by atoms with van der Waals surface area (Å²) >= 11 is 0. The van der Waals surface area contributed by atoms with Gasteiger partial charge in [0.05, 0.1) is 5.71 Å². The largest absolute Gasteiger partial charge is 0.433 e. The summed E-state index contributed by atoms with van der Waals surface area (Å²) in [6.07, 6.45) is 1.18. The summed E-state index contributed by atoms with van der Waals surface area (Å²) in [7, 11) is 1.50. The van der Waals surface area contributed by atoms with Crippen molar-refractivity contribution in [3.05, 3.63) is 35.9 Å². The second kappa shape index (κ2) is 6.61. The molecule has 0 spiro atoms. The van der Waals surface area contributed by atoms with Gasteiger partial charge < -0.3 is 5.32 Å². The predicted molar refractivity (Wildman–Crippen MR) is 63.4 cm³/mol. The molecule has 0 aliphatic carbocycles. The van der Waals surface area contributed by atoms with Crippen molar-refractivity contribution in [2.24, 2.45) is 5.16 Å². The van der Waals surface area contributed by atoms with Crippen LogP contribution in [0.15, 0.2) is 35.5 Å². The van der Waals surface area contributed by atoms with Crippen LogP contribution in [0.2, 0.25) is 0 Å². The number of benzene rings is 1. The Balaban J connectivity index is 2.78. The number of carbonyl (C=O) groups is 1. The van der Waals surface area contributed by atoms with Gasteiger partial charge in [0.2, 0.25) is 0 Å². The lowest BCUT2D eigenvalue weighted by Crippen LogP contribution is -2.17. The van der Waals surface area contributed by atoms with E-state index in [1.165, 1.54) is 7.05 Å². The van der Waals surface area contributed by atoms with Crippen LogP contribution in [0.3, 0.4) is 0 Å². The maximum absolute atomic E-state index is 10.9. The zero-order valence-corrected chi connectivity index (χ0v) is 9.56. The molecule has 1 aromatic rings. The number of hydrogen-bond acceptors (Lipinski definition) is 3. The van der Waals surface area contributed by atoms with Crippen LogP contribution in [0.5, 0.6) is 0 Å². The van der Waals surface area contributed by atoms with Gasteiger partial charge in [-0.1, -0.05) is 48.8 Å². The molecule has 0 atom stereocenters. The monoisotopic (exact) mass is 220 g/mol. The van der Waals surface area contributed by atoms with Crippen LogP contribution in [-0.2, 0) is 4.84 Å². The lowest BCUT2D eigenvalue weighted by atomic mass is 10.1. The Bertz CT molecular complexity index is 361. The van der Waals surface area contributed by atoms with Crippen molar-refractivity contribution < 1.29 is 9.63 Å². The van der Waals surface area contributed by atoms with Crippen molar-refractivity contribution in [3.63, 3.8) is 0 Å². The van der Waals surface area contributed by atoms with Crippen molar-refractivity contribution in [1.82, 2.24) is 5.32 Å². The molecule has 0 aliphatic heterocycles. The molecule has 0 radical (unpaired) electrons. The maximum Gasteiger partial charge on any atom is 0.433 e. The van der Waals surface area contributed by atoms with E-state index in [0.29, 0.717) is 0 Å². The summed E-state index contributed by atoms with van der Waals surface area (Å²) < 4.78 is 0. The van der Waals surface area contributed by atoms with E-state index >= 15 is 0 Å². The lowest BCUT2D eigenvalue weighted by Gasteiger charge is -2.04. The van der Waals surface area contributed by atoms with Crippen molar-refractivity contribution in [2.45, 2.75) is 19.8 Å². The van der Waals surface area contributed by atoms with Crippen LogP contribution in [0.4, 0.5) is 4.79 Å². The van der Waals surface area contributed by atoms with E-state index in [9.17, 15) is 4.79 Å². The highest BCUT2D eigenvalue weighted by molar-refractivity contribution is 6.00. The molecule has 86 valence electrons. The Morgan fingerprint density at radius 3 is 2.62 bits per heavy atom. The molecule has 0 aromatic heterocycles. The standard InChI is InChI=1S/C12H16N2O2/c1-3-7-11(14-16-12(15)13-2)10-8-5-4-6-9-10/h4-6,8-9H,3,7H2,1-2H3,(H,13,15). The number of nitrogens with zero attached hydrogens (tertiary/aromatic N) is 1. The molecule has 0 heterocycles. The smallest absolute Gasteiger partial charge is 0.323 e. The second-order valence-corrected chi connectivity index (χ2v) is 3.28. The number of amides is 1. The Morgan fingerprint density at radius 2 is 2.06 bits per heavy atom. The fraction of sp³-hybridized carbons (Fsp3) is 0.333. The lowest BCUT2D eigenvalue weighted by molar-refractivity contribution is 0.153. The zero-order valence-electron chi connectivity index (χ0n) is 9.56. The first-order valence-corrected chi connectivity index (χ1v) is 5.29. The van der Waals surface area contributed by atoms with Crippen molar-refractivity contribution in [1.29, 1.82) is 0 Å². The first-order valence-electron chi connectivity index (χ1n) is 5.29. The van der Waals surface area contributed by atoms with E-state index < -0.39 is 6.09 Å². The summed E-state index contributed by atoms with van der Waals surface area (Å²) in [5.74, 6) is 0. The van der Waals surface area contributed by atoms with Crippen molar-refractivity contribution in [3.8, 4) is 0 Å². The number of hydrogen-bond donors (Lipinski definition) is 1. The minimum absolute atomic E-state index is 0.551. The quantitative estimate of drug-likeness (QED) is 0.481. The van der Waals surface area contributed by atoms with E-state index in [0.717, 1.165) is 24.1 Å². The zero-order chi connectivity index (χ0) is 11.8. The molecule has 0 unspecified atom stereocenters. The van der Waals surface area contributed by atoms with Gasteiger partial charge in [-0.15, -0.1) is 0 Å². The van der Waals surface area contributed by atoms with Crippen LogP contribution in [-0.4, -0.2) is 18.9 Å². The van der Waals surface area contributed by atoms with Gasteiger partial charge in [-0.25, -0.2) is 4.79 Å². The highest BCUT2D eigenvalue weighted by atomic mass is 16.7. The minimum atomic E-state index is -0.551. The SMILES string of the molecule is CCCC(=NOC(=O)NC)c1ccccc1. The van der Waals surface area contributed by atoms with Crippen LogP contribution >= 0.6 is 0 Å². The predicted octanol–water partition coefficient (Wildman–Crippen LogP) is 2.55. The van der Waals surface area contributed by atoms with Gasteiger partial charge in [-0.05, 0) is 12.0 Å². The number of rotatable bonds is 4. The molecule has 4 heteroatoms. The first-order chi connectivity index (χ1) is 7.77. The molecular formula is C12H16N2O2. The van der Waals surface area contributed by atoms with Gasteiger partial charge in [0.25, 0.3) is 0 Å². The van der Waals surface area contributed by atoms with Gasteiger partial charge >= 0.3 is 6.09 Å². The van der Waals surface area contributed by atoms with Crippen molar-refractivity contribution >= 4 is 11.8 Å². The molecule has 1 rings (SSSR count). The maximum atomic E-state index is 10.9. The normalized spacial score (nSPS) is 11.0. The van der Waals surface area contributed by atoms with Crippen LogP contribution < -0.4 is 5.32 Å². The molecule has 0 fully saturated rings. The summed E-state index contributed by atoms with van der Waals surface area (Å²) in [5, 5.41) is 6.20. The highest BCUT2D eigenvalue weighted by Gasteiger charge is 2.04. The number of nitrogens with one attached hydrogen (secondary N) is 1. The third-order valence-electron chi connectivity index (χ3n) is 2.04. The van der Waals surface area contributed by atoms with Gasteiger partial charge in [0, 0.05) is 7.05 Å². The Labute approximate surface area is 95.3 Å². The second-order valence-electron chi connectivity index (χ2n) is 3.28. The van der Waals surface area contributed by atoms with Crippen LogP contribution in [0.1, 0.15) is 25.3 Å². The van der Waals surface area contributed by atoms with Crippen molar-refractivity contribution in [2.75, 3.05) is 7.05 Å². The van der Waals surface area contributed by atoms with E-state index in [1.54, 1.807) is 0 Å². The Morgan fingerprint density at radius 1 is 1.38 bits per heavy atom. The molecule has 0 saturated carbocycles. The molecule has 0 saturated heterocycles. The Kier molecular flexibility index (Phi) is 5.05. The van der Waals surface area contributed by atoms with E-state index in [4.69, 9.17) is 4.84 Å². The summed E-state index contributed by atoms with van der Waals surface area (Å²) in [6.45, 7) is 2.05. The highest BCUT2D eigenvalue weighted by Crippen LogP contribution is 2.06. The van der Waals surface area contributed by atoms with E-state index in [-0.39, 0.29) is 0 Å². The third kappa shape index (κ3) is 3.73. The molecule has 16 heavy (non-hydrogen) atoms.